The fourth-order valence-electron chi connectivity index (χ4n) is 2.93. The number of hydrogen-bond acceptors (Lipinski definition) is 4. The summed E-state index contributed by atoms with van der Waals surface area (Å²) in [5, 5.41) is 11.9. The fraction of sp³-hybridized carbons (Fsp3) is 0.389. The average molecular weight is 324 g/mol. The molecule has 1 fully saturated rings. The van der Waals surface area contributed by atoms with E-state index in [-0.39, 0.29) is 18.1 Å². The predicted molar refractivity (Wildman–Crippen MR) is 88.2 cm³/mol. The van der Waals surface area contributed by atoms with E-state index in [2.05, 4.69) is 10.3 Å². The smallest absolute Gasteiger partial charge is 0.240 e. The number of pyridine rings is 1. The molecule has 2 heterocycles. The third kappa shape index (κ3) is 4.35. The molecule has 1 aliphatic carbocycles. The highest BCUT2D eigenvalue weighted by Crippen LogP contribution is 2.23. The number of nitrogens with zero attached hydrogens (tertiary/aromatic N) is 3. The van der Waals surface area contributed by atoms with Crippen LogP contribution >= 0.6 is 0 Å². The van der Waals surface area contributed by atoms with Crippen LogP contribution in [0.3, 0.4) is 0 Å². The highest BCUT2D eigenvalue weighted by Gasteiger charge is 2.23. The molecule has 24 heavy (non-hydrogen) atoms. The standard InChI is InChI=1S/C18H20N4O2/c19-11-14-3-8-18(20-12-14)24-16-6-4-15(5-7-16)21-17(23)13-22-9-1-2-10-22/h1-3,8-10,12,15-16H,4-7,13H2,(H,21,23). The quantitative estimate of drug-likeness (QED) is 0.915. The van der Waals surface area contributed by atoms with Crippen LogP contribution in [0.15, 0.2) is 42.9 Å². The highest BCUT2D eigenvalue weighted by molar-refractivity contribution is 5.76. The largest absolute Gasteiger partial charge is 0.474 e. The van der Waals surface area contributed by atoms with Crippen LogP contribution in [0.25, 0.3) is 0 Å². The minimum absolute atomic E-state index is 0.0457. The molecule has 0 saturated heterocycles. The molecule has 1 N–H and O–H groups in total. The number of amides is 1. The van der Waals surface area contributed by atoms with Crippen LogP contribution in [-0.4, -0.2) is 27.6 Å². The molecular weight excluding hydrogens is 304 g/mol. The molecular formula is C18H20N4O2. The van der Waals surface area contributed by atoms with E-state index in [0.717, 1.165) is 25.7 Å². The number of ether oxygens (including phenoxy) is 1. The Morgan fingerprint density at radius 2 is 2.04 bits per heavy atom. The zero-order valence-electron chi connectivity index (χ0n) is 13.4. The van der Waals surface area contributed by atoms with Gasteiger partial charge in [0.1, 0.15) is 18.7 Å². The molecule has 1 saturated carbocycles. The van der Waals surface area contributed by atoms with Gasteiger partial charge in [-0.25, -0.2) is 4.98 Å². The number of hydrogen-bond donors (Lipinski definition) is 1. The van der Waals surface area contributed by atoms with Crippen LogP contribution < -0.4 is 10.1 Å². The van der Waals surface area contributed by atoms with Gasteiger partial charge in [0, 0.05) is 30.7 Å². The number of carbonyl (C=O) groups excluding carboxylic acids is 1. The SMILES string of the molecule is N#Cc1ccc(OC2CCC(NC(=O)Cn3cccc3)CC2)nc1. The van der Waals surface area contributed by atoms with E-state index in [4.69, 9.17) is 10.00 Å². The van der Waals surface area contributed by atoms with Gasteiger partial charge in [0.05, 0.1) is 5.56 Å². The molecule has 0 aromatic carbocycles. The molecule has 0 spiro atoms. The van der Waals surface area contributed by atoms with E-state index in [1.165, 1.54) is 6.20 Å². The van der Waals surface area contributed by atoms with Crippen molar-refractivity contribution in [2.24, 2.45) is 0 Å². The number of nitriles is 1. The normalized spacial score (nSPS) is 20.1. The Balaban J connectivity index is 1.42. The number of nitrogens with one attached hydrogen (secondary N) is 1. The minimum atomic E-state index is 0.0457. The number of rotatable bonds is 5. The second kappa shape index (κ2) is 7.64. The van der Waals surface area contributed by atoms with Gasteiger partial charge in [-0.1, -0.05) is 0 Å². The molecule has 0 bridgehead atoms. The summed E-state index contributed by atoms with van der Waals surface area (Å²) in [5.74, 6) is 0.596. The Bertz CT molecular complexity index is 696. The molecule has 6 heteroatoms. The van der Waals surface area contributed by atoms with Crippen LogP contribution in [-0.2, 0) is 11.3 Å². The van der Waals surface area contributed by atoms with Gasteiger partial charge in [0.2, 0.25) is 11.8 Å². The number of carbonyl (C=O) groups is 1. The summed E-state index contributed by atoms with van der Waals surface area (Å²) >= 11 is 0. The molecule has 0 atom stereocenters. The molecule has 1 amide bonds. The molecule has 3 rings (SSSR count). The van der Waals surface area contributed by atoms with Gasteiger partial charge in [-0.3, -0.25) is 4.79 Å². The van der Waals surface area contributed by atoms with Crippen molar-refractivity contribution in [3.8, 4) is 11.9 Å². The van der Waals surface area contributed by atoms with Crippen molar-refractivity contribution >= 4 is 5.91 Å². The lowest BCUT2D eigenvalue weighted by molar-refractivity contribution is -0.122. The Hall–Kier alpha value is -2.81. The van der Waals surface area contributed by atoms with E-state index >= 15 is 0 Å². The van der Waals surface area contributed by atoms with E-state index in [0.29, 0.717) is 18.0 Å². The Kier molecular flexibility index (Phi) is 5.12. The number of aromatic nitrogens is 2. The van der Waals surface area contributed by atoms with E-state index in [1.54, 1.807) is 12.1 Å². The zero-order valence-corrected chi connectivity index (χ0v) is 13.4. The van der Waals surface area contributed by atoms with Gasteiger partial charge in [0.25, 0.3) is 0 Å². The van der Waals surface area contributed by atoms with Crippen LogP contribution in [0.1, 0.15) is 31.2 Å². The lowest BCUT2D eigenvalue weighted by atomic mass is 9.93. The first-order chi connectivity index (χ1) is 11.7. The van der Waals surface area contributed by atoms with Gasteiger partial charge in [-0.05, 0) is 43.9 Å². The third-order valence-electron chi connectivity index (χ3n) is 4.18. The molecule has 124 valence electrons. The van der Waals surface area contributed by atoms with Crippen molar-refractivity contribution < 1.29 is 9.53 Å². The summed E-state index contributed by atoms with van der Waals surface area (Å²) in [6.07, 6.45) is 8.97. The van der Waals surface area contributed by atoms with E-state index < -0.39 is 0 Å². The molecule has 1 aliphatic rings. The molecule has 0 unspecified atom stereocenters. The molecule has 2 aromatic heterocycles. The maximum Gasteiger partial charge on any atom is 0.240 e. The highest BCUT2D eigenvalue weighted by atomic mass is 16.5. The van der Waals surface area contributed by atoms with Crippen LogP contribution in [0, 0.1) is 11.3 Å². The van der Waals surface area contributed by atoms with Crippen molar-refractivity contribution in [1.29, 1.82) is 5.26 Å². The zero-order chi connectivity index (χ0) is 16.8. The van der Waals surface area contributed by atoms with Gasteiger partial charge in [-0.2, -0.15) is 5.26 Å². The van der Waals surface area contributed by atoms with Crippen LogP contribution in [0.4, 0.5) is 0 Å². The lowest BCUT2D eigenvalue weighted by Crippen LogP contribution is -2.41. The summed E-state index contributed by atoms with van der Waals surface area (Å²) < 4.78 is 7.72. The monoisotopic (exact) mass is 324 g/mol. The van der Waals surface area contributed by atoms with Gasteiger partial charge in [0.15, 0.2) is 0 Å². The Morgan fingerprint density at radius 3 is 2.67 bits per heavy atom. The van der Waals surface area contributed by atoms with Crippen molar-refractivity contribution in [1.82, 2.24) is 14.9 Å². The third-order valence-corrected chi connectivity index (χ3v) is 4.18. The second-order valence-corrected chi connectivity index (χ2v) is 6.01. The van der Waals surface area contributed by atoms with Crippen molar-refractivity contribution in [2.45, 2.75) is 44.4 Å². The molecule has 0 radical (unpaired) electrons. The molecule has 2 aromatic rings. The van der Waals surface area contributed by atoms with Crippen LogP contribution in [0.2, 0.25) is 0 Å². The first kappa shape index (κ1) is 16.1. The van der Waals surface area contributed by atoms with E-state index in [1.807, 2.05) is 35.2 Å². The Labute approximate surface area is 141 Å². The summed E-state index contributed by atoms with van der Waals surface area (Å²) in [7, 11) is 0. The van der Waals surface area contributed by atoms with Crippen molar-refractivity contribution in [2.75, 3.05) is 0 Å². The summed E-state index contributed by atoms with van der Waals surface area (Å²) in [6.45, 7) is 0.360. The predicted octanol–water partition coefficient (Wildman–Crippen LogP) is 2.26. The fourth-order valence-corrected chi connectivity index (χ4v) is 2.93. The maximum atomic E-state index is 12.0. The average Bonchev–Trinajstić information content (AvgIpc) is 3.10. The summed E-state index contributed by atoms with van der Waals surface area (Å²) in [4.78, 5) is 16.1. The summed E-state index contributed by atoms with van der Waals surface area (Å²) in [6, 6.07) is 9.50. The second-order valence-electron chi connectivity index (χ2n) is 6.01. The van der Waals surface area contributed by atoms with Crippen molar-refractivity contribution in [3.05, 3.63) is 48.4 Å². The van der Waals surface area contributed by atoms with Crippen molar-refractivity contribution in [3.63, 3.8) is 0 Å². The Morgan fingerprint density at radius 1 is 1.29 bits per heavy atom. The minimum Gasteiger partial charge on any atom is -0.474 e. The molecule has 6 nitrogen and oxygen atoms in total. The van der Waals surface area contributed by atoms with Gasteiger partial charge in [-0.15, -0.1) is 0 Å². The maximum absolute atomic E-state index is 12.0. The first-order valence-electron chi connectivity index (χ1n) is 8.16. The van der Waals surface area contributed by atoms with Crippen LogP contribution in [0.5, 0.6) is 5.88 Å². The van der Waals surface area contributed by atoms with Gasteiger partial charge >= 0.3 is 0 Å². The first-order valence-corrected chi connectivity index (χ1v) is 8.16. The summed E-state index contributed by atoms with van der Waals surface area (Å²) in [5.41, 5.74) is 0.525. The lowest BCUT2D eigenvalue weighted by Gasteiger charge is -2.29. The topological polar surface area (TPSA) is 79.9 Å². The molecule has 0 aliphatic heterocycles. The van der Waals surface area contributed by atoms with Gasteiger partial charge < -0.3 is 14.6 Å². The van der Waals surface area contributed by atoms with E-state index in [9.17, 15) is 4.79 Å².